The van der Waals surface area contributed by atoms with E-state index in [0.29, 0.717) is 12.5 Å². The summed E-state index contributed by atoms with van der Waals surface area (Å²) in [5.74, 6) is 0.607. The van der Waals surface area contributed by atoms with E-state index in [1.165, 1.54) is 5.56 Å². The molecule has 0 bridgehead atoms. The molecule has 1 rings (SSSR count). The molecule has 2 unspecified atom stereocenters. The third kappa shape index (κ3) is 3.09. The molecule has 0 aliphatic heterocycles. The van der Waals surface area contributed by atoms with Crippen molar-refractivity contribution in [3.63, 3.8) is 0 Å². The predicted octanol–water partition coefficient (Wildman–Crippen LogP) is 0.827. The van der Waals surface area contributed by atoms with Crippen LogP contribution in [0.2, 0.25) is 0 Å². The van der Waals surface area contributed by atoms with Crippen molar-refractivity contribution in [3.8, 4) is 0 Å². The molecule has 0 saturated heterocycles. The van der Waals surface area contributed by atoms with Gasteiger partial charge in [-0.15, -0.1) is 0 Å². The molecule has 1 aromatic heterocycles. The van der Waals surface area contributed by atoms with Crippen molar-refractivity contribution in [1.29, 1.82) is 0 Å². The van der Waals surface area contributed by atoms with Gasteiger partial charge in [-0.05, 0) is 42.5 Å². The molecule has 14 heavy (non-hydrogen) atoms. The van der Waals surface area contributed by atoms with Gasteiger partial charge in [0.25, 0.3) is 0 Å². The fraction of sp³-hybridized carbons (Fsp3) is 0.545. The van der Waals surface area contributed by atoms with E-state index in [1.54, 1.807) is 12.4 Å². The zero-order valence-electron chi connectivity index (χ0n) is 8.56. The molecule has 3 heteroatoms. The van der Waals surface area contributed by atoms with Crippen LogP contribution in [0.4, 0.5) is 0 Å². The van der Waals surface area contributed by atoms with Crippen molar-refractivity contribution in [1.82, 2.24) is 4.98 Å². The van der Waals surface area contributed by atoms with Crippen LogP contribution in [0.3, 0.4) is 0 Å². The van der Waals surface area contributed by atoms with Crippen molar-refractivity contribution in [2.45, 2.75) is 13.3 Å². The summed E-state index contributed by atoms with van der Waals surface area (Å²) in [6.07, 6.45) is 4.53. The van der Waals surface area contributed by atoms with Crippen LogP contribution in [0.1, 0.15) is 12.5 Å². The molecular weight excluding hydrogens is 176 g/mol. The molecule has 1 heterocycles. The fourth-order valence-electron chi connectivity index (χ4n) is 1.54. The van der Waals surface area contributed by atoms with Gasteiger partial charge in [-0.2, -0.15) is 0 Å². The van der Waals surface area contributed by atoms with Crippen molar-refractivity contribution in [2.75, 3.05) is 13.2 Å². The first kappa shape index (κ1) is 11.1. The monoisotopic (exact) mass is 194 g/mol. The van der Waals surface area contributed by atoms with Crippen LogP contribution >= 0.6 is 0 Å². The van der Waals surface area contributed by atoms with E-state index in [2.05, 4.69) is 11.9 Å². The molecule has 0 aliphatic carbocycles. The molecule has 0 radical (unpaired) electrons. The maximum absolute atomic E-state index is 9.08. The van der Waals surface area contributed by atoms with Crippen molar-refractivity contribution in [2.24, 2.45) is 17.6 Å². The maximum Gasteiger partial charge on any atom is 0.0474 e. The summed E-state index contributed by atoms with van der Waals surface area (Å²) < 4.78 is 0. The van der Waals surface area contributed by atoms with Crippen LogP contribution in [0.25, 0.3) is 0 Å². The molecule has 0 saturated carbocycles. The third-order valence-electron chi connectivity index (χ3n) is 2.65. The van der Waals surface area contributed by atoms with Crippen LogP contribution < -0.4 is 5.73 Å². The molecule has 3 nitrogen and oxygen atoms in total. The second-order valence-corrected chi connectivity index (χ2v) is 3.72. The van der Waals surface area contributed by atoms with Crippen LogP contribution in [0.5, 0.6) is 0 Å². The number of aromatic nitrogens is 1. The Balaban J connectivity index is 2.52. The van der Waals surface area contributed by atoms with Gasteiger partial charge in [0.05, 0.1) is 0 Å². The zero-order valence-corrected chi connectivity index (χ0v) is 8.56. The van der Waals surface area contributed by atoms with Gasteiger partial charge in [-0.3, -0.25) is 4.98 Å². The summed E-state index contributed by atoms with van der Waals surface area (Å²) in [7, 11) is 0. The number of pyridine rings is 1. The van der Waals surface area contributed by atoms with Crippen LogP contribution in [0.15, 0.2) is 24.5 Å². The average molecular weight is 194 g/mol. The van der Waals surface area contributed by atoms with E-state index < -0.39 is 0 Å². The lowest BCUT2D eigenvalue weighted by atomic mass is 9.89. The molecule has 0 spiro atoms. The molecule has 0 amide bonds. The minimum atomic E-state index is 0.169. The first-order valence-corrected chi connectivity index (χ1v) is 4.97. The van der Waals surface area contributed by atoms with E-state index in [0.717, 1.165) is 6.42 Å². The Bertz CT molecular complexity index is 247. The summed E-state index contributed by atoms with van der Waals surface area (Å²) in [5, 5.41) is 9.08. The SMILES string of the molecule is CC(Cc1ccncc1)C(CN)CO. The summed E-state index contributed by atoms with van der Waals surface area (Å²) in [6.45, 7) is 2.83. The standard InChI is InChI=1S/C11H18N2O/c1-9(11(7-12)8-14)6-10-2-4-13-5-3-10/h2-5,9,11,14H,6-8,12H2,1H3. The Morgan fingerprint density at radius 1 is 1.43 bits per heavy atom. The topological polar surface area (TPSA) is 59.1 Å². The molecule has 0 fully saturated rings. The van der Waals surface area contributed by atoms with Crippen molar-refractivity contribution in [3.05, 3.63) is 30.1 Å². The number of aliphatic hydroxyl groups is 1. The van der Waals surface area contributed by atoms with Gasteiger partial charge >= 0.3 is 0 Å². The smallest absolute Gasteiger partial charge is 0.0474 e. The maximum atomic E-state index is 9.08. The second-order valence-electron chi connectivity index (χ2n) is 3.72. The van der Waals surface area contributed by atoms with E-state index in [9.17, 15) is 0 Å². The molecule has 1 aromatic rings. The number of aliphatic hydroxyl groups excluding tert-OH is 1. The lowest BCUT2D eigenvalue weighted by Crippen LogP contribution is -2.26. The second kappa shape index (κ2) is 5.73. The molecule has 0 aliphatic rings. The minimum Gasteiger partial charge on any atom is -0.396 e. The quantitative estimate of drug-likeness (QED) is 0.730. The summed E-state index contributed by atoms with van der Waals surface area (Å²) in [5.41, 5.74) is 6.81. The van der Waals surface area contributed by atoms with Crippen LogP contribution in [-0.2, 0) is 6.42 Å². The van der Waals surface area contributed by atoms with Crippen LogP contribution in [-0.4, -0.2) is 23.2 Å². The highest BCUT2D eigenvalue weighted by Crippen LogP contribution is 2.15. The predicted molar refractivity (Wildman–Crippen MR) is 56.7 cm³/mol. The Hall–Kier alpha value is -0.930. The Kier molecular flexibility index (Phi) is 4.56. The summed E-state index contributed by atoms with van der Waals surface area (Å²) in [4.78, 5) is 3.96. The van der Waals surface area contributed by atoms with Gasteiger partial charge < -0.3 is 10.8 Å². The van der Waals surface area contributed by atoms with Crippen molar-refractivity contribution >= 4 is 0 Å². The van der Waals surface area contributed by atoms with E-state index in [-0.39, 0.29) is 12.5 Å². The largest absolute Gasteiger partial charge is 0.396 e. The minimum absolute atomic E-state index is 0.169. The Morgan fingerprint density at radius 3 is 2.57 bits per heavy atom. The van der Waals surface area contributed by atoms with Crippen LogP contribution in [0, 0.1) is 11.8 Å². The summed E-state index contributed by atoms with van der Waals surface area (Å²) >= 11 is 0. The first-order chi connectivity index (χ1) is 6.77. The number of hydrogen-bond donors (Lipinski definition) is 2. The lowest BCUT2D eigenvalue weighted by Gasteiger charge is -2.20. The Labute approximate surface area is 85.0 Å². The van der Waals surface area contributed by atoms with Gasteiger partial charge in [0.2, 0.25) is 0 Å². The highest BCUT2D eigenvalue weighted by Gasteiger charge is 2.14. The average Bonchev–Trinajstić information content (AvgIpc) is 2.21. The molecule has 2 atom stereocenters. The van der Waals surface area contributed by atoms with Gasteiger partial charge in [0, 0.05) is 19.0 Å². The highest BCUT2D eigenvalue weighted by molar-refractivity contribution is 5.10. The molecule has 0 aromatic carbocycles. The number of hydrogen-bond acceptors (Lipinski definition) is 3. The zero-order chi connectivity index (χ0) is 10.4. The lowest BCUT2D eigenvalue weighted by molar-refractivity contribution is 0.187. The first-order valence-electron chi connectivity index (χ1n) is 4.97. The van der Waals surface area contributed by atoms with Gasteiger partial charge in [-0.1, -0.05) is 6.92 Å². The highest BCUT2D eigenvalue weighted by atomic mass is 16.3. The molecular formula is C11H18N2O. The van der Waals surface area contributed by atoms with Crippen molar-refractivity contribution < 1.29 is 5.11 Å². The van der Waals surface area contributed by atoms with E-state index in [1.807, 2.05) is 12.1 Å². The van der Waals surface area contributed by atoms with Gasteiger partial charge in [0.15, 0.2) is 0 Å². The number of rotatable bonds is 5. The Morgan fingerprint density at radius 2 is 2.07 bits per heavy atom. The number of nitrogens with two attached hydrogens (primary N) is 1. The van der Waals surface area contributed by atoms with Gasteiger partial charge in [-0.25, -0.2) is 0 Å². The van der Waals surface area contributed by atoms with Gasteiger partial charge in [0.1, 0.15) is 0 Å². The molecule has 3 N–H and O–H groups in total. The van der Waals surface area contributed by atoms with E-state index in [4.69, 9.17) is 10.8 Å². The van der Waals surface area contributed by atoms with E-state index >= 15 is 0 Å². The fourth-order valence-corrected chi connectivity index (χ4v) is 1.54. The number of nitrogens with zero attached hydrogens (tertiary/aromatic N) is 1. The normalized spacial score (nSPS) is 15.1. The molecule has 78 valence electrons. The third-order valence-corrected chi connectivity index (χ3v) is 2.65. The summed E-state index contributed by atoms with van der Waals surface area (Å²) in [6, 6.07) is 4.00.